The molecule has 0 aliphatic carbocycles. The van der Waals surface area contributed by atoms with Crippen LogP contribution in [0.1, 0.15) is 38.2 Å². The van der Waals surface area contributed by atoms with Crippen molar-refractivity contribution in [2.45, 2.75) is 39.0 Å². The normalized spacial score (nSPS) is 10.9. The van der Waals surface area contributed by atoms with Crippen molar-refractivity contribution in [1.29, 1.82) is 0 Å². The van der Waals surface area contributed by atoms with E-state index in [4.69, 9.17) is 4.74 Å². The lowest BCUT2D eigenvalue weighted by Gasteiger charge is -2.08. The number of carbonyl (C=O) groups is 1. The van der Waals surface area contributed by atoms with E-state index in [-0.39, 0.29) is 5.91 Å². The van der Waals surface area contributed by atoms with Crippen LogP contribution >= 0.6 is 0 Å². The molecular weight excluding hydrogens is 398 g/mol. The molecule has 0 atom stereocenters. The van der Waals surface area contributed by atoms with E-state index in [1.807, 2.05) is 54.6 Å². The fourth-order valence-electron chi connectivity index (χ4n) is 3.81. The van der Waals surface area contributed by atoms with Gasteiger partial charge in [0.05, 0.1) is 18.0 Å². The van der Waals surface area contributed by atoms with E-state index in [1.165, 1.54) is 10.9 Å². The number of nitrogens with zero attached hydrogens (tertiary/aromatic N) is 1. The standard InChI is InChI=1S/C27H29N3O2/c1-2-3-19-32-21-16-14-20(15-17-21)29-26(31)13-8-10-23-22-9-4-5-11-24(22)30-27(23)25-12-6-7-18-28-25/h4-7,9,11-12,14-18,30H,2-3,8,10,13,19H2,1H3,(H,29,31). The lowest BCUT2D eigenvalue weighted by Crippen LogP contribution is -2.11. The van der Waals surface area contributed by atoms with Crippen molar-refractivity contribution in [3.05, 3.63) is 78.5 Å². The van der Waals surface area contributed by atoms with E-state index in [0.29, 0.717) is 6.42 Å². The van der Waals surface area contributed by atoms with E-state index < -0.39 is 0 Å². The monoisotopic (exact) mass is 427 g/mol. The third kappa shape index (κ3) is 5.35. The highest BCUT2D eigenvalue weighted by Gasteiger charge is 2.14. The van der Waals surface area contributed by atoms with Gasteiger partial charge in [-0.05, 0) is 67.3 Å². The molecule has 164 valence electrons. The van der Waals surface area contributed by atoms with E-state index in [9.17, 15) is 4.79 Å². The van der Waals surface area contributed by atoms with Gasteiger partial charge in [0.1, 0.15) is 5.75 Å². The number of rotatable bonds is 10. The Morgan fingerprint density at radius 1 is 1.00 bits per heavy atom. The first-order chi connectivity index (χ1) is 15.7. The summed E-state index contributed by atoms with van der Waals surface area (Å²) < 4.78 is 5.67. The lowest BCUT2D eigenvalue weighted by atomic mass is 10.0. The van der Waals surface area contributed by atoms with Crippen molar-refractivity contribution in [3.63, 3.8) is 0 Å². The number of unbranched alkanes of at least 4 members (excludes halogenated alkanes) is 1. The summed E-state index contributed by atoms with van der Waals surface area (Å²) >= 11 is 0. The first-order valence-corrected chi connectivity index (χ1v) is 11.3. The van der Waals surface area contributed by atoms with Crippen LogP contribution in [0.4, 0.5) is 5.69 Å². The van der Waals surface area contributed by atoms with Crippen LogP contribution in [-0.2, 0) is 11.2 Å². The van der Waals surface area contributed by atoms with Crippen molar-refractivity contribution >= 4 is 22.5 Å². The van der Waals surface area contributed by atoms with Gasteiger partial charge in [-0.15, -0.1) is 0 Å². The summed E-state index contributed by atoms with van der Waals surface area (Å²) in [5, 5.41) is 4.17. The Hall–Kier alpha value is -3.60. The van der Waals surface area contributed by atoms with E-state index >= 15 is 0 Å². The molecule has 0 saturated heterocycles. The molecule has 0 saturated carbocycles. The molecule has 0 bridgehead atoms. The summed E-state index contributed by atoms with van der Waals surface area (Å²) in [5.41, 5.74) is 5.05. The second-order valence-corrected chi connectivity index (χ2v) is 7.87. The van der Waals surface area contributed by atoms with Crippen LogP contribution in [0.2, 0.25) is 0 Å². The number of fused-ring (bicyclic) bond motifs is 1. The molecule has 32 heavy (non-hydrogen) atoms. The van der Waals surface area contributed by atoms with Crippen LogP contribution in [0.3, 0.4) is 0 Å². The van der Waals surface area contributed by atoms with Crippen LogP contribution in [-0.4, -0.2) is 22.5 Å². The summed E-state index contributed by atoms with van der Waals surface area (Å²) in [6.45, 7) is 2.86. The summed E-state index contributed by atoms with van der Waals surface area (Å²) in [4.78, 5) is 20.5. The second kappa shape index (κ2) is 10.6. The summed E-state index contributed by atoms with van der Waals surface area (Å²) in [5.74, 6) is 0.849. The number of aromatic nitrogens is 2. The fourth-order valence-corrected chi connectivity index (χ4v) is 3.81. The van der Waals surface area contributed by atoms with E-state index in [1.54, 1.807) is 6.20 Å². The molecule has 0 spiro atoms. The first-order valence-electron chi connectivity index (χ1n) is 11.3. The number of benzene rings is 2. The van der Waals surface area contributed by atoms with Gasteiger partial charge in [0.25, 0.3) is 0 Å². The molecule has 5 heteroatoms. The number of H-pyrrole nitrogens is 1. The van der Waals surface area contributed by atoms with Gasteiger partial charge in [0, 0.05) is 29.2 Å². The number of amides is 1. The topological polar surface area (TPSA) is 67.0 Å². The molecule has 0 aliphatic rings. The van der Waals surface area contributed by atoms with Crippen molar-refractivity contribution in [1.82, 2.24) is 9.97 Å². The maximum Gasteiger partial charge on any atom is 0.224 e. The van der Waals surface area contributed by atoms with Gasteiger partial charge >= 0.3 is 0 Å². The largest absolute Gasteiger partial charge is 0.494 e. The smallest absolute Gasteiger partial charge is 0.224 e. The fraction of sp³-hybridized carbons (Fsp3) is 0.259. The number of ether oxygens (including phenoxy) is 1. The molecule has 2 aromatic carbocycles. The Balaban J connectivity index is 1.37. The van der Waals surface area contributed by atoms with Crippen LogP contribution in [0.5, 0.6) is 5.75 Å². The van der Waals surface area contributed by atoms with E-state index in [0.717, 1.165) is 60.6 Å². The van der Waals surface area contributed by atoms with Gasteiger partial charge in [-0.3, -0.25) is 9.78 Å². The summed E-state index contributed by atoms with van der Waals surface area (Å²) in [7, 11) is 0. The number of aromatic amines is 1. The number of nitrogens with one attached hydrogen (secondary N) is 2. The Morgan fingerprint density at radius 2 is 1.81 bits per heavy atom. The third-order valence-corrected chi connectivity index (χ3v) is 5.47. The third-order valence-electron chi connectivity index (χ3n) is 5.47. The molecule has 4 rings (SSSR count). The van der Waals surface area contributed by atoms with Crippen LogP contribution < -0.4 is 10.1 Å². The number of aryl methyl sites for hydroxylation is 1. The number of pyridine rings is 1. The molecule has 4 aromatic rings. The molecule has 5 nitrogen and oxygen atoms in total. The predicted molar refractivity (Wildman–Crippen MR) is 130 cm³/mol. The van der Waals surface area contributed by atoms with Gasteiger partial charge in [-0.25, -0.2) is 0 Å². The van der Waals surface area contributed by atoms with Crippen LogP contribution in [0.15, 0.2) is 72.9 Å². The highest BCUT2D eigenvalue weighted by atomic mass is 16.5. The quantitative estimate of drug-likeness (QED) is 0.289. The average molecular weight is 428 g/mol. The van der Waals surface area contributed by atoms with Crippen molar-refractivity contribution in [2.75, 3.05) is 11.9 Å². The number of para-hydroxylation sites is 1. The summed E-state index contributed by atoms with van der Waals surface area (Å²) in [6, 6.07) is 21.8. The molecule has 0 unspecified atom stereocenters. The van der Waals surface area contributed by atoms with E-state index in [2.05, 4.69) is 34.3 Å². The molecule has 2 N–H and O–H groups in total. The van der Waals surface area contributed by atoms with Crippen LogP contribution in [0, 0.1) is 0 Å². The van der Waals surface area contributed by atoms with Crippen molar-refractivity contribution < 1.29 is 9.53 Å². The second-order valence-electron chi connectivity index (χ2n) is 7.87. The van der Waals surface area contributed by atoms with Gasteiger partial charge in [0.15, 0.2) is 0 Å². The van der Waals surface area contributed by atoms with Crippen LogP contribution in [0.25, 0.3) is 22.3 Å². The Kier molecular flexibility index (Phi) is 7.18. The summed E-state index contributed by atoms with van der Waals surface area (Å²) in [6.07, 6.45) is 5.96. The molecule has 0 radical (unpaired) electrons. The Labute approximate surface area is 188 Å². The van der Waals surface area contributed by atoms with Crippen molar-refractivity contribution in [3.8, 4) is 17.1 Å². The minimum Gasteiger partial charge on any atom is -0.494 e. The van der Waals surface area contributed by atoms with Gasteiger partial charge in [-0.1, -0.05) is 37.6 Å². The number of anilines is 1. The number of carbonyl (C=O) groups excluding carboxylic acids is 1. The Bertz CT molecular complexity index is 1150. The zero-order valence-electron chi connectivity index (χ0n) is 18.4. The molecule has 1 amide bonds. The maximum absolute atomic E-state index is 12.5. The SMILES string of the molecule is CCCCOc1ccc(NC(=O)CCCc2c(-c3ccccn3)[nH]c3ccccc23)cc1. The van der Waals surface area contributed by atoms with Gasteiger partial charge < -0.3 is 15.0 Å². The zero-order valence-corrected chi connectivity index (χ0v) is 18.4. The Morgan fingerprint density at radius 3 is 2.59 bits per heavy atom. The van der Waals surface area contributed by atoms with Gasteiger partial charge in [-0.2, -0.15) is 0 Å². The lowest BCUT2D eigenvalue weighted by molar-refractivity contribution is -0.116. The average Bonchev–Trinajstić information content (AvgIpc) is 3.20. The first kappa shape index (κ1) is 21.6. The molecule has 2 aromatic heterocycles. The maximum atomic E-state index is 12.5. The number of hydrogen-bond donors (Lipinski definition) is 2. The highest BCUT2D eigenvalue weighted by molar-refractivity contribution is 5.92. The predicted octanol–water partition coefficient (Wildman–Crippen LogP) is 6.37. The van der Waals surface area contributed by atoms with Crippen molar-refractivity contribution in [2.24, 2.45) is 0 Å². The molecular formula is C27H29N3O2. The minimum atomic E-state index is 0.0175. The number of hydrogen-bond acceptors (Lipinski definition) is 3. The minimum absolute atomic E-state index is 0.0175. The zero-order chi connectivity index (χ0) is 22.2. The molecule has 0 aliphatic heterocycles. The highest BCUT2D eigenvalue weighted by Crippen LogP contribution is 2.30. The molecule has 0 fully saturated rings. The van der Waals surface area contributed by atoms with Gasteiger partial charge in [0.2, 0.25) is 5.91 Å². The molecule has 2 heterocycles.